The van der Waals surface area contributed by atoms with Gasteiger partial charge in [0.05, 0.1) is 30.3 Å². The smallest absolute Gasteiger partial charge is 0.108 e. The molecule has 0 N–H and O–H groups in total. The van der Waals surface area contributed by atoms with Gasteiger partial charge in [0.1, 0.15) is 12.3 Å². The summed E-state index contributed by atoms with van der Waals surface area (Å²) in [7, 11) is 0. The number of ether oxygens (including phenoxy) is 1. The number of nitrogens with zero attached hydrogens (tertiary/aromatic N) is 5. The summed E-state index contributed by atoms with van der Waals surface area (Å²) in [5, 5.41) is 9.04. The van der Waals surface area contributed by atoms with Gasteiger partial charge in [-0.25, -0.2) is 15.0 Å². The van der Waals surface area contributed by atoms with Gasteiger partial charge in [0.15, 0.2) is 0 Å². The van der Waals surface area contributed by atoms with Crippen LogP contribution in [-0.2, 0) is 11.2 Å². The van der Waals surface area contributed by atoms with E-state index in [1.165, 1.54) is 12.5 Å². The zero-order valence-corrected chi connectivity index (χ0v) is 12.9. The van der Waals surface area contributed by atoms with E-state index in [9.17, 15) is 0 Å². The van der Waals surface area contributed by atoms with E-state index in [0.29, 0.717) is 18.4 Å². The van der Waals surface area contributed by atoms with Crippen molar-refractivity contribution in [2.24, 2.45) is 9.98 Å². The van der Waals surface area contributed by atoms with E-state index in [0.717, 1.165) is 5.69 Å². The number of aromatic nitrogens is 2. The Labute approximate surface area is 140 Å². The van der Waals surface area contributed by atoms with Crippen molar-refractivity contribution >= 4 is 18.6 Å². The molecule has 0 unspecified atom stereocenters. The maximum absolute atomic E-state index is 9.04. The van der Waals surface area contributed by atoms with Crippen molar-refractivity contribution in [2.45, 2.75) is 12.8 Å². The molecule has 2 heterocycles. The van der Waals surface area contributed by atoms with Gasteiger partial charge in [-0.15, -0.1) is 0 Å². The zero-order chi connectivity index (χ0) is 16.9. The second kappa shape index (κ2) is 10.1. The molecular formula is C18H15N5O. The maximum Gasteiger partial charge on any atom is 0.108 e. The Hall–Kier alpha value is -3.64. The molecule has 24 heavy (non-hydrogen) atoms. The van der Waals surface area contributed by atoms with E-state index >= 15 is 0 Å². The molecule has 2 rings (SSSR count). The van der Waals surface area contributed by atoms with Crippen LogP contribution in [0.2, 0.25) is 0 Å². The van der Waals surface area contributed by atoms with Gasteiger partial charge in [0.2, 0.25) is 0 Å². The summed E-state index contributed by atoms with van der Waals surface area (Å²) in [6.07, 6.45) is 19.7. The SMILES string of the molecule is N#CC1=COC=CCC=NC#CN=CCc2cncn2C=CC=C1. The molecule has 0 saturated heterocycles. The van der Waals surface area contributed by atoms with Gasteiger partial charge in [0.25, 0.3) is 0 Å². The molecule has 0 spiro atoms. The number of rotatable bonds is 0. The third-order valence-corrected chi connectivity index (χ3v) is 2.78. The number of allylic oxidation sites excluding steroid dienone is 5. The Morgan fingerprint density at radius 2 is 2.08 bits per heavy atom. The summed E-state index contributed by atoms with van der Waals surface area (Å²) in [5.41, 5.74) is 1.37. The largest absolute Gasteiger partial charge is 0.472 e. The van der Waals surface area contributed by atoms with Crippen molar-refractivity contribution in [3.8, 4) is 18.2 Å². The summed E-state index contributed by atoms with van der Waals surface area (Å²) >= 11 is 0. The van der Waals surface area contributed by atoms with E-state index in [1.54, 1.807) is 43.2 Å². The van der Waals surface area contributed by atoms with Gasteiger partial charge in [0, 0.05) is 43.4 Å². The number of hydrogen-bond donors (Lipinski definition) is 0. The third kappa shape index (κ3) is 6.00. The Balaban J connectivity index is 2.19. The second-order valence-corrected chi connectivity index (χ2v) is 4.47. The highest BCUT2D eigenvalue weighted by Gasteiger charge is 1.96. The molecule has 118 valence electrons. The average Bonchev–Trinajstić information content (AvgIpc) is 3.04. The zero-order valence-electron chi connectivity index (χ0n) is 12.9. The predicted molar refractivity (Wildman–Crippen MR) is 93.7 cm³/mol. The molecular weight excluding hydrogens is 302 g/mol. The van der Waals surface area contributed by atoms with Crippen molar-refractivity contribution in [3.63, 3.8) is 0 Å². The maximum atomic E-state index is 9.04. The lowest BCUT2D eigenvalue weighted by molar-refractivity contribution is 0.399. The van der Waals surface area contributed by atoms with Crippen molar-refractivity contribution in [2.75, 3.05) is 0 Å². The van der Waals surface area contributed by atoms with Crippen LogP contribution >= 0.6 is 0 Å². The standard InChI is InChI=1S/C18H15N5O/c19-13-17-5-1-3-11-23-16-22-14-18(23)6-8-21-10-9-20-7-2-4-12-24-15-17/h1,3-5,7-8,11-12,14-16H,2,6H2. The van der Waals surface area contributed by atoms with Crippen molar-refractivity contribution in [1.29, 1.82) is 5.26 Å². The Bertz CT molecular complexity index is 820. The molecule has 0 amide bonds. The lowest BCUT2D eigenvalue weighted by Gasteiger charge is -1.97. The van der Waals surface area contributed by atoms with Crippen molar-refractivity contribution in [1.82, 2.24) is 9.55 Å². The van der Waals surface area contributed by atoms with E-state index in [-0.39, 0.29) is 0 Å². The summed E-state index contributed by atoms with van der Waals surface area (Å²) in [5.74, 6) is 0. The summed E-state index contributed by atoms with van der Waals surface area (Å²) in [6, 6.07) is 7.22. The highest BCUT2D eigenvalue weighted by molar-refractivity contribution is 5.63. The predicted octanol–water partition coefficient (Wildman–Crippen LogP) is 2.85. The normalized spacial score (nSPS) is 14.9. The van der Waals surface area contributed by atoms with Crippen molar-refractivity contribution < 1.29 is 4.74 Å². The third-order valence-electron chi connectivity index (χ3n) is 2.78. The fourth-order valence-electron chi connectivity index (χ4n) is 1.65. The van der Waals surface area contributed by atoms with Crippen LogP contribution in [0.4, 0.5) is 0 Å². The Morgan fingerprint density at radius 3 is 2.96 bits per heavy atom. The first-order valence-electron chi connectivity index (χ1n) is 7.19. The van der Waals surface area contributed by atoms with Gasteiger partial charge in [-0.2, -0.15) is 5.26 Å². The van der Waals surface area contributed by atoms with Crippen LogP contribution in [0.3, 0.4) is 0 Å². The van der Waals surface area contributed by atoms with E-state index in [2.05, 4.69) is 27.1 Å². The van der Waals surface area contributed by atoms with E-state index in [4.69, 9.17) is 10.00 Å². The number of imidazole rings is 1. The highest BCUT2D eigenvalue weighted by atomic mass is 16.5. The van der Waals surface area contributed by atoms with Crippen LogP contribution < -0.4 is 0 Å². The number of hydrogen-bond acceptors (Lipinski definition) is 5. The number of aliphatic imine (C=N–C) groups is 2. The first-order chi connectivity index (χ1) is 11.9. The first-order valence-corrected chi connectivity index (χ1v) is 7.19. The fourth-order valence-corrected chi connectivity index (χ4v) is 1.65. The molecule has 0 atom stereocenters. The monoisotopic (exact) mass is 317 g/mol. The number of fused-ring (bicyclic) bond motifs is 1. The summed E-state index contributed by atoms with van der Waals surface area (Å²) in [6.45, 7) is 0. The molecule has 1 aliphatic rings. The fraction of sp³-hybridized carbons (Fsp3) is 0.111. The number of nitriles is 1. The van der Waals surface area contributed by atoms with E-state index < -0.39 is 0 Å². The molecule has 0 radical (unpaired) electrons. The Kier molecular flexibility index (Phi) is 7.07. The molecule has 1 aromatic rings. The minimum atomic E-state index is 0.403. The second-order valence-electron chi connectivity index (χ2n) is 4.47. The molecule has 0 saturated carbocycles. The summed E-state index contributed by atoms with van der Waals surface area (Å²) in [4.78, 5) is 12.0. The lowest BCUT2D eigenvalue weighted by Crippen LogP contribution is -1.94. The van der Waals surface area contributed by atoms with Crippen LogP contribution in [-0.4, -0.2) is 22.0 Å². The molecule has 1 aromatic heterocycles. The van der Waals surface area contributed by atoms with Crippen LogP contribution in [0.1, 0.15) is 12.1 Å². The summed E-state index contributed by atoms with van der Waals surface area (Å²) < 4.78 is 7.04. The molecule has 6 nitrogen and oxygen atoms in total. The van der Waals surface area contributed by atoms with Crippen LogP contribution in [0.5, 0.6) is 0 Å². The van der Waals surface area contributed by atoms with Crippen LogP contribution in [0.15, 0.2) is 64.9 Å². The highest BCUT2D eigenvalue weighted by Crippen LogP contribution is 2.02. The van der Waals surface area contributed by atoms with Crippen LogP contribution in [0.25, 0.3) is 6.20 Å². The quantitative estimate of drug-likeness (QED) is 0.690. The van der Waals surface area contributed by atoms with Crippen molar-refractivity contribution in [3.05, 3.63) is 60.6 Å². The molecule has 6 heteroatoms. The Morgan fingerprint density at radius 1 is 1.21 bits per heavy atom. The molecule has 0 fully saturated rings. The topological polar surface area (TPSA) is 75.6 Å². The van der Waals surface area contributed by atoms with Gasteiger partial charge in [-0.1, -0.05) is 6.08 Å². The van der Waals surface area contributed by atoms with Gasteiger partial charge < -0.3 is 9.30 Å². The van der Waals surface area contributed by atoms with E-state index in [1.807, 2.05) is 22.9 Å². The van der Waals surface area contributed by atoms with Gasteiger partial charge in [-0.3, -0.25) is 0 Å². The first kappa shape index (κ1) is 16.7. The van der Waals surface area contributed by atoms with Gasteiger partial charge >= 0.3 is 0 Å². The minimum Gasteiger partial charge on any atom is -0.472 e. The molecule has 0 aromatic carbocycles. The molecule has 0 bridgehead atoms. The molecule has 1 aliphatic heterocycles. The average molecular weight is 317 g/mol. The van der Waals surface area contributed by atoms with Crippen LogP contribution in [0, 0.1) is 23.4 Å². The minimum absolute atomic E-state index is 0.403. The lowest BCUT2D eigenvalue weighted by atomic mass is 10.3. The molecule has 0 aliphatic carbocycles. The van der Waals surface area contributed by atoms with Gasteiger partial charge in [-0.05, 0) is 18.2 Å².